The van der Waals surface area contributed by atoms with Gasteiger partial charge in [-0.2, -0.15) is 0 Å². The molecule has 2 atom stereocenters. The predicted octanol–water partition coefficient (Wildman–Crippen LogP) is 4.34. The topological polar surface area (TPSA) is 81.4 Å². The number of ether oxygens (including phenoxy) is 1. The number of benzene rings is 1. The Balaban J connectivity index is 1.86. The SMILES string of the molecule is Cc1noc(C)c1CCC(=O)O[C@H](C)C(=O)N[C@H](C)c1ccc(Cl)cc1Cl. The van der Waals surface area contributed by atoms with Gasteiger partial charge < -0.3 is 14.6 Å². The van der Waals surface area contributed by atoms with Crippen LogP contribution >= 0.6 is 23.2 Å². The standard InChI is InChI=1S/C19H22Cl2N2O4/c1-10(16-6-5-14(20)9-17(16)21)22-19(25)13(4)26-18(24)8-7-15-11(2)23-27-12(15)3/h5-6,9-10,13H,7-8H2,1-4H3,(H,22,25)/t10-,13-/m1/s1. The van der Waals surface area contributed by atoms with Gasteiger partial charge in [-0.25, -0.2) is 0 Å². The Bertz CT molecular complexity index is 816. The van der Waals surface area contributed by atoms with E-state index in [1.54, 1.807) is 32.0 Å². The summed E-state index contributed by atoms with van der Waals surface area (Å²) in [6.07, 6.45) is -0.333. The number of nitrogens with one attached hydrogen (secondary N) is 1. The molecule has 6 nitrogen and oxygen atoms in total. The van der Waals surface area contributed by atoms with E-state index in [4.69, 9.17) is 32.5 Å². The summed E-state index contributed by atoms with van der Waals surface area (Å²) in [5.74, 6) is -0.186. The molecule has 1 aromatic heterocycles. The molecular formula is C19H22Cl2N2O4. The van der Waals surface area contributed by atoms with Crippen LogP contribution in [0.5, 0.6) is 0 Å². The Hall–Kier alpha value is -2.05. The minimum atomic E-state index is -0.921. The minimum absolute atomic E-state index is 0.138. The van der Waals surface area contributed by atoms with Crippen molar-refractivity contribution in [1.29, 1.82) is 0 Å². The van der Waals surface area contributed by atoms with Crippen molar-refractivity contribution in [3.05, 3.63) is 50.8 Å². The minimum Gasteiger partial charge on any atom is -0.453 e. The Labute approximate surface area is 168 Å². The maximum Gasteiger partial charge on any atom is 0.306 e. The van der Waals surface area contributed by atoms with Crippen LogP contribution in [0.1, 0.15) is 48.9 Å². The molecule has 0 aliphatic carbocycles. The van der Waals surface area contributed by atoms with Gasteiger partial charge >= 0.3 is 5.97 Å². The van der Waals surface area contributed by atoms with Crippen LogP contribution in [0.2, 0.25) is 10.0 Å². The second-order valence-electron chi connectivity index (χ2n) is 6.33. The summed E-state index contributed by atoms with van der Waals surface area (Å²) in [6.45, 7) is 6.93. The second kappa shape index (κ2) is 9.24. The van der Waals surface area contributed by atoms with E-state index in [-0.39, 0.29) is 12.5 Å². The summed E-state index contributed by atoms with van der Waals surface area (Å²) in [7, 11) is 0. The lowest BCUT2D eigenvalue weighted by Crippen LogP contribution is -2.37. The highest BCUT2D eigenvalue weighted by molar-refractivity contribution is 6.35. The third-order valence-corrected chi connectivity index (χ3v) is 4.79. The molecule has 0 aliphatic heterocycles. The summed E-state index contributed by atoms with van der Waals surface area (Å²) in [4.78, 5) is 24.3. The first-order chi connectivity index (χ1) is 12.7. The summed E-state index contributed by atoms with van der Waals surface area (Å²) in [5, 5.41) is 7.60. The molecule has 0 radical (unpaired) electrons. The fourth-order valence-electron chi connectivity index (χ4n) is 2.66. The van der Waals surface area contributed by atoms with E-state index in [1.165, 1.54) is 6.92 Å². The van der Waals surface area contributed by atoms with Crippen LogP contribution in [0.4, 0.5) is 0 Å². The van der Waals surface area contributed by atoms with Gasteiger partial charge in [0.05, 0.1) is 11.7 Å². The molecule has 0 fully saturated rings. The van der Waals surface area contributed by atoms with Crippen LogP contribution in [0, 0.1) is 13.8 Å². The van der Waals surface area contributed by atoms with Crippen molar-refractivity contribution in [2.75, 3.05) is 0 Å². The van der Waals surface area contributed by atoms with Crippen molar-refractivity contribution in [3.63, 3.8) is 0 Å². The zero-order valence-electron chi connectivity index (χ0n) is 15.6. The van der Waals surface area contributed by atoms with Gasteiger partial charge in [0.1, 0.15) is 5.76 Å². The highest BCUT2D eigenvalue weighted by Gasteiger charge is 2.21. The van der Waals surface area contributed by atoms with Crippen molar-refractivity contribution >= 4 is 35.1 Å². The number of halogens is 2. The normalized spacial score (nSPS) is 13.1. The molecule has 146 valence electrons. The molecule has 8 heteroatoms. The van der Waals surface area contributed by atoms with Gasteiger partial charge in [-0.15, -0.1) is 0 Å². The van der Waals surface area contributed by atoms with Crippen molar-refractivity contribution < 1.29 is 18.8 Å². The van der Waals surface area contributed by atoms with Crippen LogP contribution in [0.25, 0.3) is 0 Å². The van der Waals surface area contributed by atoms with E-state index in [2.05, 4.69) is 10.5 Å². The molecule has 27 heavy (non-hydrogen) atoms. The quantitative estimate of drug-likeness (QED) is 0.683. The number of carbonyl (C=O) groups is 2. The Kier molecular flexibility index (Phi) is 7.27. The van der Waals surface area contributed by atoms with Crippen molar-refractivity contribution in [2.24, 2.45) is 0 Å². The molecule has 0 aliphatic rings. The highest BCUT2D eigenvalue weighted by Crippen LogP contribution is 2.26. The number of aromatic nitrogens is 1. The maximum absolute atomic E-state index is 12.3. The highest BCUT2D eigenvalue weighted by atomic mass is 35.5. The number of aryl methyl sites for hydroxylation is 2. The number of nitrogens with zero attached hydrogens (tertiary/aromatic N) is 1. The van der Waals surface area contributed by atoms with Gasteiger partial charge in [0.2, 0.25) is 0 Å². The Morgan fingerprint density at radius 2 is 1.96 bits per heavy atom. The monoisotopic (exact) mass is 412 g/mol. The van der Waals surface area contributed by atoms with E-state index in [1.807, 2.05) is 6.92 Å². The average Bonchev–Trinajstić information content (AvgIpc) is 2.90. The van der Waals surface area contributed by atoms with Gasteiger partial charge in [0.15, 0.2) is 6.10 Å². The Morgan fingerprint density at radius 1 is 1.26 bits per heavy atom. The molecule has 1 amide bonds. The molecule has 0 bridgehead atoms. The fraction of sp³-hybridized carbons (Fsp3) is 0.421. The third-order valence-electron chi connectivity index (χ3n) is 4.23. The third kappa shape index (κ3) is 5.71. The number of hydrogen-bond acceptors (Lipinski definition) is 5. The molecule has 1 N–H and O–H groups in total. The smallest absolute Gasteiger partial charge is 0.306 e. The lowest BCUT2D eigenvalue weighted by Gasteiger charge is -2.19. The molecule has 1 aromatic carbocycles. The van der Waals surface area contributed by atoms with E-state index in [9.17, 15) is 9.59 Å². The van der Waals surface area contributed by atoms with Crippen LogP contribution in [-0.2, 0) is 20.7 Å². The van der Waals surface area contributed by atoms with Gasteiger partial charge in [-0.05, 0) is 51.8 Å². The molecule has 2 aromatic rings. The van der Waals surface area contributed by atoms with E-state index < -0.39 is 18.0 Å². The molecule has 0 spiro atoms. The van der Waals surface area contributed by atoms with Crippen molar-refractivity contribution in [1.82, 2.24) is 10.5 Å². The fourth-order valence-corrected chi connectivity index (χ4v) is 3.23. The number of amides is 1. The first-order valence-corrected chi connectivity index (χ1v) is 9.31. The van der Waals surface area contributed by atoms with Crippen LogP contribution < -0.4 is 5.32 Å². The largest absolute Gasteiger partial charge is 0.453 e. The van der Waals surface area contributed by atoms with Crippen molar-refractivity contribution in [2.45, 2.75) is 52.7 Å². The van der Waals surface area contributed by atoms with E-state index in [0.29, 0.717) is 22.2 Å². The molecule has 0 saturated heterocycles. The average molecular weight is 413 g/mol. The van der Waals surface area contributed by atoms with Gasteiger partial charge in [-0.3, -0.25) is 9.59 Å². The number of hydrogen-bond donors (Lipinski definition) is 1. The summed E-state index contributed by atoms with van der Waals surface area (Å²) >= 11 is 12.0. The molecule has 2 rings (SSSR count). The van der Waals surface area contributed by atoms with Gasteiger partial charge in [-0.1, -0.05) is 34.4 Å². The van der Waals surface area contributed by atoms with Crippen LogP contribution in [0.15, 0.2) is 22.7 Å². The van der Waals surface area contributed by atoms with E-state index in [0.717, 1.165) is 16.8 Å². The molecule has 0 saturated carbocycles. The first kappa shape index (κ1) is 21.3. The van der Waals surface area contributed by atoms with E-state index >= 15 is 0 Å². The zero-order valence-corrected chi connectivity index (χ0v) is 17.1. The lowest BCUT2D eigenvalue weighted by atomic mass is 10.1. The van der Waals surface area contributed by atoms with Crippen LogP contribution in [-0.4, -0.2) is 23.1 Å². The summed E-state index contributed by atoms with van der Waals surface area (Å²) in [6, 6.07) is 4.70. The number of esters is 1. The maximum atomic E-state index is 12.3. The Morgan fingerprint density at radius 3 is 2.56 bits per heavy atom. The van der Waals surface area contributed by atoms with Gasteiger partial charge in [0, 0.05) is 22.0 Å². The molecule has 0 unspecified atom stereocenters. The molecule has 1 heterocycles. The number of rotatable bonds is 7. The second-order valence-corrected chi connectivity index (χ2v) is 7.17. The summed E-state index contributed by atoms with van der Waals surface area (Å²) in [5.41, 5.74) is 2.36. The lowest BCUT2D eigenvalue weighted by molar-refractivity contribution is -0.155. The number of carbonyl (C=O) groups excluding carboxylic acids is 2. The first-order valence-electron chi connectivity index (χ1n) is 8.55. The summed E-state index contributed by atoms with van der Waals surface area (Å²) < 4.78 is 10.3. The van der Waals surface area contributed by atoms with Crippen LogP contribution in [0.3, 0.4) is 0 Å². The predicted molar refractivity (Wildman–Crippen MR) is 103 cm³/mol. The molecular weight excluding hydrogens is 391 g/mol. The zero-order chi connectivity index (χ0) is 20.1. The van der Waals surface area contributed by atoms with Gasteiger partial charge in [0.25, 0.3) is 5.91 Å². The van der Waals surface area contributed by atoms with Crippen molar-refractivity contribution in [3.8, 4) is 0 Å².